The van der Waals surface area contributed by atoms with E-state index in [9.17, 15) is 9.59 Å². The van der Waals surface area contributed by atoms with Gasteiger partial charge in [0.05, 0.1) is 18.8 Å². The van der Waals surface area contributed by atoms with Crippen molar-refractivity contribution in [1.29, 1.82) is 0 Å². The molecule has 1 aromatic heterocycles. The van der Waals surface area contributed by atoms with Crippen LogP contribution in [0.5, 0.6) is 0 Å². The Morgan fingerprint density at radius 1 is 1.24 bits per heavy atom. The van der Waals surface area contributed by atoms with Crippen molar-refractivity contribution in [2.75, 3.05) is 11.9 Å². The molecule has 1 saturated carbocycles. The van der Waals surface area contributed by atoms with Crippen LogP contribution in [0.25, 0.3) is 0 Å². The number of amides is 2. The number of carbonyl (C=O) groups is 2. The molecule has 4 rings (SSSR count). The summed E-state index contributed by atoms with van der Waals surface area (Å²) in [5.41, 5.74) is 9.02. The molecule has 2 aromatic rings. The molecule has 6 nitrogen and oxygen atoms in total. The number of nitrogens with zero attached hydrogens (tertiary/aromatic N) is 1. The minimum atomic E-state index is -0.504. The predicted molar refractivity (Wildman–Crippen MR) is 93.2 cm³/mol. The van der Waals surface area contributed by atoms with Crippen LogP contribution >= 0.6 is 0 Å². The summed E-state index contributed by atoms with van der Waals surface area (Å²) < 4.78 is 7.58. The van der Waals surface area contributed by atoms with Crippen molar-refractivity contribution in [3.63, 3.8) is 0 Å². The van der Waals surface area contributed by atoms with E-state index in [0.717, 1.165) is 29.7 Å². The predicted octanol–water partition coefficient (Wildman–Crippen LogP) is 2.06. The molecule has 1 aromatic carbocycles. The Hall–Kier alpha value is -2.60. The molecule has 2 heterocycles. The Morgan fingerprint density at radius 2 is 2.00 bits per heavy atom. The molecule has 0 atom stereocenters. The number of hydrogen-bond acceptors (Lipinski definition) is 3. The minimum Gasteiger partial charge on any atom is -0.375 e. The number of hydrogen-bond donors (Lipinski definition) is 2. The van der Waals surface area contributed by atoms with Crippen molar-refractivity contribution in [1.82, 2.24) is 4.57 Å². The fourth-order valence-electron chi connectivity index (χ4n) is 3.40. The summed E-state index contributed by atoms with van der Waals surface area (Å²) in [4.78, 5) is 24.5. The molecule has 0 radical (unpaired) electrons. The summed E-state index contributed by atoms with van der Waals surface area (Å²) in [6, 6.07) is 9.94. The quantitative estimate of drug-likeness (QED) is 0.874. The summed E-state index contributed by atoms with van der Waals surface area (Å²) in [6.07, 6.45) is 2.43. The lowest BCUT2D eigenvalue weighted by molar-refractivity contribution is -0.117. The third-order valence-corrected chi connectivity index (χ3v) is 4.84. The number of rotatable bonds is 5. The Labute approximate surface area is 146 Å². The topological polar surface area (TPSA) is 86.4 Å². The maximum Gasteiger partial charge on any atom is 0.252 e. The number of primary amides is 1. The summed E-state index contributed by atoms with van der Waals surface area (Å²) in [5, 5.41) is 2.97. The Balaban J connectivity index is 1.81. The number of nitrogens with one attached hydrogen (secondary N) is 1. The van der Waals surface area contributed by atoms with Gasteiger partial charge in [-0.15, -0.1) is 0 Å². The number of ether oxygens (including phenoxy) is 1. The standard InChI is InChI=1S/C19H21N3O3/c20-17(23)16-14-8-9-25-11-15(14)22(10-12-4-2-1-3-5-12)18(16)21-19(24)13-6-7-13/h1-5,13H,6-11H2,(H2,20,23)(H,21,24). The van der Waals surface area contributed by atoms with Crippen LogP contribution in [0.2, 0.25) is 0 Å². The molecule has 25 heavy (non-hydrogen) atoms. The molecule has 130 valence electrons. The highest BCUT2D eigenvalue weighted by molar-refractivity contribution is 6.05. The molecule has 1 aliphatic carbocycles. The van der Waals surface area contributed by atoms with E-state index in [1.165, 1.54) is 0 Å². The normalized spacial score (nSPS) is 16.3. The number of aromatic nitrogens is 1. The first-order chi connectivity index (χ1) is 12.1. The smallest absolute Gasteiger partial charge is 0.252 e. The molecule has 2 amide bonds. The van der Waals surface area contributed by atoms with E-state index in [0.29, 0.717) is 37.6 Å². The lowest BCUT2D eigenvalue weighted by atomic mass is 10.1. The van der Waals surface area contributed by atoms with Crippen LogP contribution < -0.4 is 11.1 Å². The van der Waals surface area contributed by atoms with Gasteiger partial charge in [0.25, 0.3) is 5.91 Å². The third-order valence-electron chi connectivity index (χ3n) is 4.84. The fourth-order valence-corrected chi connectivity index (χ4v) is 3.40. The van der Waals surface area contributed by atoms with Gasteiger partial charge in [-0.3, -0.25) is 9.59 Å². The van der Waals surface area contributed by atoms with E-state index < -0.39 is 5.91 Å². The number of carbonyl (C=O) groups excluding carboxylic acids is 2. The average molecular weight is 339 g/mol. The van der Waals surface area contributed by atoms with Gasteiger partial charge in [-0.2, -0.15) is 0 Å². The van der Waals surface area contributed by atoms with Crippen LogP contribution in [0, 0.1) is 5.92 Å². The lowest BCUT2D eigenvalue weighted by Crippen LogP contribution is -2.21. The lowest BCUT2D eigenvalue weighted by Gasteiger charge is -2.17. The van der Waals surface area contributed by atoms with Crippen molar-refractivity contribution < 1.29 is 14.3 Å². The van der Waals surface area contributed by atoms with E-state index in [1.54, 1.807) is 0 Å². The maximum absolute atomic E-state index is 12.4. The minimum absolute atomic E-state index is 0.0347. The second-order valence-corrected chi connectivity index (χ2v) is 6.65. The van der Waals surface area contributed by atoms with Crippen LogP contribution in [-0.4, -0.2) is 23.0 Å². The van der Waals surface area contributed by atoms with E-state index in [2.05, 4.69) is 5.32 Å². The van der Waals surface area contributed by atoms with Crippen LogP contribution in [0.15, 0.2) is 30.3 Å². The van der Waals surface area contributed by atoms with Gasteiger partial charge in [-0.05, 0) is 30.4 Å². The summed E-state index contributed by atoms with van der Waals surface area (Å²) >= 11 is 0. The zero-order valence-electron chi connectivity index (χ0n) is 14.0. The van der Waals surface area contributed by atoms with Crippen molar-refractivity contribution in [3.8, 4) is 0 Å². The van der Waals surface area contributed by atoms with Gasteiger partial charge in [-0.1, -0.05) is 30.3 Å². The molecule has 0 spiro atoms. The SMILES string of the molecule is NC(=O)c1c2c(n(Cc3ccccc3)c1NC(=O)C1CC1)COCC2. The molecule has 1 fully saturated rings. The van der Waals surface area contributed by atoms with Crippen molar-refractivity contribution >= 4 is 17.6 Å². The highest BCUT2D eigenvalue weighted by Gasteiger charge is 2.34. The van der Waals surface area contributed by atoms with Gasteiger partial charge in [-0.25, -0.2) is 0 Å². The number of benzene rings is 1. The first-order valence-electron chi connectivity index (χ1n) is 8.61. The highest BCUT2D eigenvalue weighted by Crippen LogP contribution is 2.35. The monoisotopic (exact) mass is 339 g/mol. The van der Waals surface area contributed by atoms with Gasteiger partial charge in [0.2, 0.25) is 5.91 Å². The Morgan fingerprint density at radius 3 is 2.68 bits per heavy atom. The van der Waals surface area contributed by atoms with Crippen LogP contribution in [0.4, 0.5) is 5.82 Å². The molecule has 1 aliphatic heterocycles. The first kappa shape index (κ1) is 15.9. The third kappa shape index (κ3) is 3.05. The molecule has 2 aliphatic rings. The van der Waals surface area contributed by atoms with Crippen molar-refractivity contribution in [2.24, 2.45) is 11.7 Å². The second-order valence-electron chi connectivity index (χ2n) is 6.65. The zero-order valence-corrected chi connectivity index (χ0v) is 14.0. The number of fused-ring (bicyclic) bond motifs is 1. The van der Waals surface area contributed by atoms with Crippen LogP contribution in [-0.2, 0) is 29.1 Å². The second kappa shape index (κ2) is 6.37. The number of nitrogens with two attached hydrogens (primary N) is 1. The molecule has 3 N–H and O–H groups in total. The Bertz CT molecular complexity index is 822. The van der Waals surface area contributed by atoms with Gasteiger partial charge >= 0.3 is 0 Å². The molecule has 6 heteroatoms. The summed E-state index contributed by atoms with van der Waals surface area (Å²) in [6.45, 7) is 1.53. The average Bonchev–Trinajstić information content (AvgIpc) is 3.42. The molecular formula is C19H21N3O3. The highest BCUT2D eigenvalue weighted by atomic mass is 16.5. The molecule has 0 bridgehead atoms. The van der Waals surface area contributed by atoms with Crippen LogP contribution in [0.1, 0.15) is 40.0 Å². The fraction of sp³-hybridized carbons (Fsp3) is 0.368. The van der Waals surface area contributed by atoms with E-state index in [1.807, 2.05) is 34.9 Å². The molecule has 0 saturated heterocycles. The van der Waals surface area contributed by atoms with Gasteiger partial charge < -0.3 is 20.4 Å². The van der Waals surface area contributed by atoms with E-state index >= 15 is 0 Å². The van der Waals surface area contributed by atoms with Gasteiger partial charge in [0.15, 0.2) is 0 Å². The summed E-state index contributed by atoms with van der Waals surface area (Å²) in [7, 11) is 0. The Kier molecular flexibility index (Phi) is 4.05. The summed E-state index contributed by atoms with van der Waals surface area (Å²) in [5.74, 6) is 0.0291. The first-order valence-corrected chi connectivity index (χ1v) is 8.61. The number of anilines is 1. The zero-order chi connectivity index (χ0) is 17.4. The van der Waals surface area contributed by atoms with Crippen molar-refractivity contribution in [2.45, 2.75) is 32.4 Å². The van der Waals surface area contributed by atoms with Gasteiger partial charge in [0.1, 0.15) is 5.82 Å². The maximum atomic E-state index is 12.4. The van der Waals surface area contributed by atoms with Gasteiger partial charge in [0, 0.05) is 18.2 Å². The van der Waals surface area contributed by atoms with Crippen molar-refractivity contribution in [3.05, 3.63) is 52.7 Å². The van der Waals surface area contributed by atoms with E-state index in [4.69, 9.17) is 10.5 Å². The molecule has 0 unspecified atom stereocenters. The van der Waals surface area contributed by atoms with Crippen LogP contribution in [0.3, 0.4) is 0 Å². The largest absolute Gasteiger partial charge is 0.375 e. The van der Waals surface area contributed by atoms with E-state index in [-0.39, 0.29) is 11.8 Å². The molecular weight excluding hydrogens is 318 g/mol.